The molecule has 0 bridgehead atoms. The van der Waals surface area contributed by atoms with Crippen molar-refractivity contribution in [2.24, 2.45) is 0 Å². The van der Waals surface area contributed by atoms with Gasteiger partial charge in [-0.2, -0.15) is 0 Å². The van der Waals surface area contributed by atoms with E-state index in [-0.39, 0.29) is 31.1 Å². The van der Waals surface area contributed by atoms with Crippen molar-refractivity contribution in [3.8, 4) is 0 Å². The Morgan fingerprint density at radius 2 is 0.597 bits per heavy atom. The third kappa shape index (κ3) is 53.7. The number of ether oxygens (including phenoxy) is 3. The summed E-state index contributed by atoms with van der Waals surface area (Å²) in [5.74, 6) is -0.884. The topological polar surface area (TPSA) is 78.9 Å². The van der Waals surface area contributed by atoms with Crippen molar-refractivity contribution in [2.75, 3.05) is 13.2 Å². The van der Waals surface area contributed by atoms with Gasteiger partial charge in [0.1, 0.15) is 13.2 Å². The lowest BCUT2D eigenvalue weighted by molar-refractivity contribution is -0.167. The minimum absolute atomic E-state index is 0.0766. The van der Waals surface area contributed by atoms with Crippen LogP contribution in [0.2, 0.25) is 0 Å². The molecular formula is C61H106O6. The largest absolute Gasteiger partial charge is 0.462 e. The Balaban J connectivity index is 4.18. The SMILES string of the molecule is CC/C=C\C/C=C\C/C=C\C/C=C\C/C=C\CCCCCCCCCCCCCC(=O)OCC(COC(=O)CCCCCCCCCCCCC)OC(=O)CCCCCCC/C=C\CCCC. The molecule has 0 aromatic heterocycles. The van der Waals surface area contributed by atoms with Crippen LogP contribution in [0.1, 0.15) is 278 Å². The molecule has 0 aliphatic rings. The van der Waals surface area contributed by atoms with Gasteiger partial charge >= 0.3 is 17.9 Å². The van der Waals surface area contributed by atoms with Crippen molar-refractivity contribution in [1.82, 2.24) is 0 Å². The van der Waals surface area contributed by atoms with Crippen molar-refractivity contribution >= 4 is 17.9 Å². The molecule has 0 aliphatic carbocycles. The molecule has 386 valence electrons. The molecule has 0 rings (SSSR count). The van der Waals surface area contributed by atoms with Gasteiger partial charge in [0.15, 0.2) is 6.10 Å². The zero-order valence-corrected chi connectivity index (χ0v) is 44.2. The molecule has 1 unspecified atom stereocenters. The van der Waals surface area contributed by atoms with Gasteiger partial charge < -0.3 is 14.2 Å². The highest BCUT2D eigenvalue weighted by atomic mass is 16.6. The van der Waals surface area contributed by atoms with Crippen molar-refractivity contribution in [2.45, 2.75) is 284 Å². The summed E-state index contributed by atoms with van der Waals surface area (Å²) in [5, 5.41) is 0. The molecule has 0 amide bonds. The monoisotopic (exact) mass is 935 g/mol. The molecule has 0 heterocycles. The van der Waals surface area contributed by atoms with Gasteiger partial charge in [0.25, 0.3) is 0 Å². The number of hydrogen-bond acceptors (Lipinski definition) is 6. The molecule has 0 aromatic rings. The summed E-state index contributed by atoms with van der Waals surface area (Å²) in [7, 11) is 0. The molecule has 0 radical (unpaired) electrons. The fraction of sp³-hybridized carbons (Fsp3) is 0.754. The smallest absolute Gasteiger partial charge is 0.306 e. The molecule has 0 fully saturated rings. The highest BCUT2D eigenvalue weighted by Gasteiger charge is 2.19. The van der Waals surface area contributed by atoms with E-state index in [0.717, 1.165) is 103 Å². The maximum Gasteiger partial charge on any atom is 0.306 e. The van der Waals surface area contributed by atoms with Crippen LogP contribution in [0.3, 0.4) is 0 Å². The first-order valence-corrected chi connectivity index (χ1v) is 28.4. The number of esters is 3. The first-order valence-electron chi connectivity index (χ1n) is 28.4. The lowest BCUT2D eigenvalue weighted by Gasteiger charge is -2.18. The van der Waals surface area contributed by atoms with Gasteiger partial charge in [0, 0.05) is 19.3 Å². The minimum Gasteiger partial charge on any atom is -0.462 e. The first-order chi connectivity index (χ1) is 33.0. The fourth-order valence-electron chi connectivity index (χ4n) is 7.92. The van der Waals surface area contributed by atoms with Gasteiger partial charge in [-0.3, -0.25) is 14.4 Å². The quantitative estimate of drug-likeness (QED) is 0.0262. The average Bonchev–Trinajstić information content (AvgIpc) is 3.33. The first kappa shape index (κ1) is 63.8. The van der Waals surface area contributed by atoms with Crippen LogP contribution in [0.25, 0.3) is 0 Å². The second-order valence-corrected chi connectivity index (χ2v) is 18.8. The van der Waals surface area contributed by atoms with E-state index in [1.54, 1.807) is 0 Å². The zero-order chi connectivity index (χ0) is 48.6. The minimum atomic E-state index is -0.777. The standard InChI is InChI=1S/C61H106O6/c1-4-7-10-13-16-19-22-23-24-25-26-27-28-29-30-31-32-33-34-35-36-37-40-42-45-48-51-54-60(63)66-57-58(67-61(64)55-52-49-46-43-39-21-18-15-12-9-6-3)56-65-59(62)53-50-47-44-41-38-20-17-14-11-8-5-2/h7,10,15-16,18-19,23-24,26-27,29-30,58H,4-6,8-9,11-14,17,20-22,25,28,31-57H2,1-3H3/b10-7-,18-15-,19-16-,24-23-,27-26-,30-29-. The summed E-state index contributed by atoms with van der Waals surface area (Å²) in [5.41, 5.74) is 0. The number of carbonyl (C=O) groups is 3. The van der Waals surface area contributed by atoms with E-state index < -0.39 is 6.10 Å². The molecule has 0 aromatic carbocycles. The molecule has 0 N–H and O–H groups in total. The third-order valence-corrected chi connectivity index (χ3v) is 12.2. The Hall–Kier alpha value is -3.15. The maximum atomic E-state index is 12.8. The number of carbonyl (C=O) groups excluding carboxylic acids is 3. The molecular weight excluding hydrogens is 829 g/mol. The van der Waals surface area contributed by atoms with Crippen LogP contribution in [-0.4, -0.2) is 37.2 Å². The Kier molecular flexibility index (Phi) is 52.8. The van der Waals surface area contributed by atoms with Gasteiger partial charge in [0.05, 0.1) is 0 Å². The van der Waals surface area contributed by atoms with Crippen LogP contribution in [0.4, 0.5) is 0 Å². The van der Waals surface area contributed by atoms with Crippen molar-refractivity contribution < 1.29 is 28.6 Å². The second kappa shape index (κ2) is 55.4. The molecule has 0 spiro atoms. The van der Waals surface area contributed by atoms with Gasteiger partial charge in [-0.05, 0) is 83.5 Å². The van der Waals surface area contributed by atoms with Crippen molar-refractivity contribution in [3.05, 3.63) is 72.9 Å². The van der Waals surface area contributed by atoms with E-state index in [4.69, 9.17) is 14.2 Å². The van der Waals surface area contributed by atoms with E-state index in [1.165, 1.54) is 135 Å². The average molecular weight is 936 g/mol. The number of rotatable bonds is 51. The van der Waals surface area contributed by atoms with E-state index in [1.807, 2.05) is 0 Å². The third-order valence-electron chi connectivity index (χ3n) is 12.2. The summed E-state index contributed by atoms with van der Waals surface area (Å²) in [6.45, 7) is 6.48. The maximum absolute atomic E-state index is 12.8. The number of unbranched alkanes of at least 4 members (excludes halogenated alkanes) is 28. The Labute approximate surface area is 414 Å². The Morgan fingerprint density at radius 1 is 0.313 bits per heavy atom. The normalized spacial score (nSPS) is 12.6. The van der Waals surface area contributed by atoms with Gasteiger partial charge in [-0.25, -0.2) is 0 Å². The van der Waals surface area contributed by atoms with Gasteiger partial charge in [-0.1, -0.05) is 248 Å². The van der Waals surface area contributed by atoms with E-state index in [0.29, 0.717) is 19.3 Å². The summed E-state index contributed by atoms with van der Waals surface area (Å²) in [4.78, 5) is 38.0. The van der Waals surface area contributed by atoms with Crippen LogP contribution >= 0.6 is 0 Å². The molecule has 0 aliphatic heterocycles. The van der Waals surface area contributed by atoms with Crippen LogP contribution in [0.5, 0.6) is 0 Å². The molecule has 6 heteroatoms. The number of allylic oxidation sites excluding steroid dienone is 12. The van der Waals surface area contributed by atoms with Gasteiger partial charge in [0.2, 0.25) is 0 Å². The zero-order valence-electron chi connectivity index (χ0n) is 44.2. The van der Waals surface area contributed by atoms with E-state index >= 15 is 0 Å². The highest BCUT2D eigenvalue weighted by molar-refractivity contribution is 5.71. The summed E-state index contributed by atoms with van der Waals surface area (Å²) >= 11 is 0. The lowest BCUT2D eigenvalue weighted by Crippen LogP contribution is -2.30. The second-order valence-electron chi connectivity index (χ2n) is 18.8. The van der Waals surface area contributed by atoms with Gasteiger partial charge in [-0.15, -0.1) is 0 Å². The predicted octanol–water partition coefficient (Wildman–Crippen LogP) is 19.0. The Bertz CT molecular complexity index is 1260. The van der Waals surface area contributed by atoms with E-state index in [9.17, 15) is 14.4 Å². The molecule has 0 saturated carbocycles. The molecule has 67 heavy (non-hydrogen) atoms. The summed E-state index contributed by atoms with van der Waals surface area (Å²) < 4.78 is 16.8. The summed E-state index contributed by atoms with van der Waals surface area (Å²) in [6.07, 6.45) is 70.4. The van der Waals surface area contributed by atoms with Crippen molar-refractivity contribution in [1.29, 1.82) is 0 Å². The van der Waals surface area contributed by atoms with E-state index in [2.05, 4.69) is 93.7 Å². The molecule has 1 atom stereocenters. The van der Waals surface area contributed by atoms with Crippen LogP contribution in [0.15, 0.2) is 72.9 Å². The summed E-state index contributed by atoms with van der Waals surface area (Å²) in [6, 6.07) is 0. The fourth-order valence-corrected chi connectivity index (χ4v) is 7.92. The Morgan fingerprint density at radius 3 is 0.970 bits per heavy atom. The van der Waals surface area contributed by atoms with Crippen LogP contribution in [0, 0.1) is 0 Å². The lowest BCUT2D eigenvalue weighted by atomic mass is 10.0. The predicted molar refractivity (Wildman–Crippen MR) is 288 cm³/mol. The molecule has 6 nitrogen and oxygen atoms in total. The molecule has 0 saturated heterocycles. The van der Waals surface area contributed by atoms with Crippen LogP contribution < -0.4 is 0 Å². The number of hydrogen-bond donors (Lipinski definition) is 0. The highest BCUT2D eigenvalue weighted by Crippen LogP contribution is 2.16. The van der Waals surface area contributed by atoms with Crippen molar-refractivity contribution in [3.63, 3.8) is 0 Å². The van der Waals surface area contributed by atoms with Crippen LogP contribution in [-0.2, 0) is 28.6 Å².